The van der Waals surface area contributed by atoms with Crippen molar-refractivity contribution >= 4 is 5.91 Å². The van der Waals surface area contributed by atoms with Crippen LogP contribution in [-0.4, -0.2) is 37.5 Å². The zero-order chi connectivity index (χ0) is 11.4. The first kappa shape index (κ1) is 11.9. The second kappa shape index (κ2) is 5.67. The molecule has 1 N–H and O–H groups in total. The van der Waals surface area contributed by atoms with E-state index < -0.39 is 0 Å². The SMILES string of the molecule is CNCC1CCCN(C(=O)CC2CCC2)C1. The summed E-state index contributed by atoms with van der Waals surface area (Å²) >= 11 is 0. The normalized spacial score (nSPS) is 26.6. The molecular formula is C13H24N2O. The van der Waals surface area contributed by atoms with Crippen LogP contribution < -0.4 is 5.32 Å². The molecule has 2 rings (SSSR count). The van der Waals surface area contributed by atoms with Gasteiger partial charge < -0.3 is 10.2 Å². The Hall–Kier alpha value is -0.570. The molecule has 92 valence electrons. The van der Waals surface area contributed by atoms with Gasteiger partial charge >= 0.3 is 0 Å². The molecule has 1 aliphatic carbocycles. The average molecular weight is 224 g/mol. The summed E-state index contributed by atoms with van der Waals surface area (Å²) in [5.74, 6) is 1.78. The molecule has 1 saturated carbocycles. The molecule has 0 spiro atoms. The molecule has 0 radical (unpaired) electrons. The third-order valence-electron chi connectivity index (χ3n) is 4.05. The van der Waals surface area contributed by atoms with Crippen LogP contribution in [0.5, 0.6) is 0 Å². The summed E-state index contributed by atoms with van der Waals surface area (Å²) in [6.45, 7) is 3.02. The fourth-order valence-electron chi connectivity index (χ4n) is 2.82. The van der Waals surface area contributed by atoms with Crippen LogP contribution in [-0.2, 0) is 4.79 Å². The maximum Gasteiger partial charge on any atom is 0.222 e. The minimum Gasteiger partial charge on any atom is -0.342 e. The first-order valence-corrected chi connectivity index (χ1v) is 6.72. The molecule has 3 nitrogen and oxygen atoms in total. The van der Waals surface area contributed by atoms with Gasteiger partial charge in [0.15, 0.2) is 0 Å². The first-order valence-electron chi connectivity index (χ1n) is 6.72. The van der Waals surface area contributed by atoms with Gasteiger partial charge in [0.2, 0.25) is 5.91 Å². The smallest absolute Gasteiger partial charge is 0.222 e. The standard InChI is InChI=1S/C13H24N2O/c1-14-9-12-6-3-7-15(10-12)13(16)8-11-4-2-5-11/h11-12,14H,2-10H2,1H3. The number of piperidine rings is 1. The van der Waals surface area contributed by atoms with E-state index >= 15 is 0 Å². The zero-order valence-electron chi connectivity index (χ0n) is 10.4. The summed E-state index contributed by atoms with van der Waals surface area (Å²) in [5.41, 5.74) is 0. The van der Waals surface area contributed by atoms with Crippen molar-refractivity contribution in [2.75, 3.05) is 26.7 Å². The lowest BCUT2D eigenvalue weighted by atomic mass is 9.82. The molecule has 0 aromatic heterocycles. The third-order valence-corrected chi connectivity index (χ3v) is 4.05. The van der Waals surface area contributed by atoms with Gasteiger partial charge in [0, 0.05) is 19.5 Å². The summed E-state index contributed by atoms with van der Waals surface area (Å²) in [7, 11) is 2.00. The molecular weight excluding hydrogens is 200 g/mol. The van der Waals surface area contributed by atoms with E-state index in [-0.39, 0.29) is 0 Å². The van der Waals surface area contributed by atoms with Crippen molar-refractivity contribution in [2.24, 2.45) is 11.8 Å². The Kier molecular flexibility index (Phi) is 4.22. The lowest BCUT2D eigenvalue weighted by Crippen LogP contribution is -2.43. The predicted molar refractivity (Wildman–Crippen MR) is 65.2 cm³/mol. The number of carbonyl (C=O) groups excluding carboxylic acids is 1. The summed E-state index contributed by atoms with van der Waals surface area (Å²) in [6, 6.07) is 0. The zero-order valence-corrected chi connectivity index (χ0v) is 10.4. The monoisotopic (exact) mass is 224 g/mol. The summed E-state index contributed by atoms with van der Waals surface area (Å²) < 4.78 is 0. The molecule has 16 heavy (non-hydrogen) atoms. The second-order valence-electron chi connectivity index (χ2n) is 5.41. The van der Waals surface area contributed by atoms with E-state index in [0.717, 1.165) is 26.1 Å². The number of hydrogen-bond acceptors (Lipinski definition) is 2. The van der Waals surface area contributed by atoms with E-state index in [4.69, 9.17) is 0 Å². The maximum atomic E-state index is 12.1. The number of carbonyl (C=O) groups is 1. The fraction of sp³-hybridized carbons (Fsp3) is 0.923. The largest absolute Gasteiger partial charge is 0.342 e. The summed E-state index contributed by atoms with van der Waals surface area (Å²) in [4.78, 5) is 14.2. The van der Waals surface area contributed by atoms with Crippen molar-refractivity contribution in [1.29, 1.82) is 0 Å². The minimum atomic E-state index is 0.408. The number of amides is 1. The van der Waals surface area contributed by atoms with E-state index in [1.165, 1.54) is 32.1 Å². The summed E-state index contributed by atoms with van der Waals surface area (Å²) in [6.07, 6.45) is 7.16. The van der Waals surface area contributed by atoms with E-state index in [0.29, 0.717) is 17.7 Å². The molecule has 0 aromatic rings. The molecule has 2 fully saturated rings. The highest BCUT2D eigenvalue weighted by atomic mass is 16.2. The predicted octanol–water partition coefficient (Wildman–Crippen LogP) is 1.63. The second-order valence-corrected chi connectivity index (χ2v) is 5.41. The Balaban J connectivity index is 1.76. The molecule has 1 amide bonds. The third kappa shape index (κ3) is 2.97. The first-order chi connectivity index (χ1) is 7.79. The van der Waals surface area contributed by atoms with E-state index in [2.05, 4.69) is 10.2 Å². The van der Waals surface area contributed by atoms with Crippen molar-refractivity contribution < 1.29 is 4.79 Å². The van der Waals surface area contributed by atoms with Crippen LogP contribution >= 0.6 is 0 Å². The van der Waals surface area contributed by atoms with Crippen LogP contribution in [0.3, 0.4) is 0 Å². The Bertz CT molecular complexity index is 236. The molecule has 1 saturated heterocycles. The average Bonchev–Trinajstić information content (AvgIpc) is 2.24. The number of nitrogens with zero attached hydrogens (tertiary/aromatic N) is 1. The molecule has 1 heterocycles. The summed E-state index contributed by atoms with van der Waals surface area (Å²) in [5, 5.41) is 3.22. The van der Waals surface area contributed by atoms with Gasteiger partial charge in [-0.2, -0.15) is 0 Å². The van der Waals surface area contributed by atoms with Crippen LogP contribution in [0.25, 0.3) is 0 Å². The minimum absolute atomic E-state index is 0.408. The van der Waals surface area contributed by atoms with Crippen molar-refractivity contribution in [2.45, 2.75) is 38.5 Å². The van der Waals surface area contributed by atoms with Crippen LogP contribution in [0, 0.1) is 11.8 Å². The number of nitrogens with one attached hydrogen (secondary N) is 1. The van der Waals surface area contributed by atoms with Gasteiger partial charge in [-0.15, -0.1) is 0 Å². The van der Waals surface area contributed by atoms with Gasteiger partial charge in [0.25, 0.3) is 0 Å². The maximum absolute atomic E-state index is 12.1. The molecule has 0 bridgehead atoms. The van der Waals surface area contributed by atoms with Crippen LogP contribution in [0.1, 0.15) is 38.5 Å². The number of likely N-dealkylation sites (tertiary alicyclic amines) is 1. The van der Waals surface area contributed by atoms with Crippen LogP contribution in [0.2, 0.25) is 0 Å². The van der Waals surface area contributed by atoms with E-state index in [9.17, 15) is 4.79 Å². The molecule has 1 aliphatic heterocycles. The highest BCUT2D eigenvalue weighted by molar-refractivity contribution is 5.76. The van der Waals surface area contributed by atoms with Crippen molar-refractivity contribution in [1.82, 2.24) is 10.2 Å². The van der Waals surface area contributed by atoms with Gasteiger partial charge in [-0.25, -0.2) is 0 Å². The number of rotatable bonds is 4. The van der Waals surface area contributed by atoms with Gasteiger partial charge in [-0.1, -0.05) is 6.42 Å². The van der Waals surface area contributed by atoms with Crippen molar-refractivity contribution in [3.8, 4) is 0 Å². The molecule has 0 aromatic carbocycles. The molecule has 1 atom stereocenters. The Morgan fingerprint density at radius 2 is 2.00 bits per heavy atom. The molecule has 2 aliphatic rings. The van der Waals surface area contributed by atoms with E-state index in [1.807, 2.05) is 7.05 Å². The lowest BCUT2D eigenvalue weighted by Gasteiger charge is -2.35. The Labute approximate surface area is 98.6 Å². The van der Waals surface area contributed by atoms with Crippen LogP contribution in [0.4, 0.5) is 0 Å². The Morgan fingerprint density at radius 3 is 2.62 bits per heavy atom. The Morgan fingerprint density at radius 1 is 1.25 bits per heavy atom. The van der Waals surface area contributed by atoms with Crippen molar-refractivity contribution in [3.05, 3.63) is 0 Å². The fourth-order valence-corrected chi connectivity index (χ4v) is 2.82. The lowest BCUT2D eigenvalue weighted by molar-refractivity contribution is -0.134. The van der Waals surface area contributed by atoms with Gasteiger partial charge in [0.05, 0.1) is 0 Å². The molecule has 1 unspecified atom stereocenters. The van der Waals surface area contributed by atoms with Gasteiger partial charge in [0.1, 0.15) is 0 Å². The molecule has 3 heteroatoms. The quantitative estimate of drug-likeness (QED) is 0.787. The number of hydrogen-bond donors (Lipinski definition) is 1. The topological polar surface area (TPSA) is 32.3 Å². The van der Waals surface area contributed by atoms with E-state index in [1.54, 1.807) is 0 Å². The van der Waals surface area contributed by atoms with Gasteiger partial charge in [-0.3, -0.25) is 4.79 Å². The van der Waals surface area contributed by atoms with Crippen LogP contribution in [0.15, 0.2) is 0 Å². The van der Waals surface area contributed by atoms with Gasteiger partial charge in [-0.05, 0) is 51.1 Å². The van der Waals surface area contributed by atoms with Crippen molar-refractivity contribution in [3.63, 3.8) is 0 Å². The highest BCUT2D eigenvalue weighted by Gasteiger charge is 2.27. The highest BCUT2D eigenvalue weighted by Crippen LogP contribution is 2.30.